The smallest absolute Gasteiger partial charge is 0.261 e. The fraction of sp³-hybridized carbons (Fsp3) is 0.600. The fourth-order valence-corrected chi connectivity index (χ4v) is 3.39. The quantitative estimate of drug-likeness (QED) is 0.776. The molecule has 1 heterocycles. The van der Waals surface area contributed by atoms with Crippen molar-refractivity contribution in [1.82, 2.24) is 10.6 Å². The molecule has 1 saturated carbocycles. The first-order valence-electron chi connectivity index (χ1n) is 7.32. The fourth-order valence-electron chi connectivity index (χ4n) is 2.53. The Morgan fingerprint density at radius 3 is 2.62 bits per heavy atom. The summed E-state index contributed by atoms with van der Waals surface area (Å²) < 4.78 is 0. The van der Waals surface area contributed by atoms with Gasteiger partial charge in [0, 0.05) is 18.3 Å². The van der Waals surface area contributed by atoms with Gasteiger partial charge in [0.15, 0.2) is 0 Å². The van der Waals surface area contributed by atoms with Gasteiger partial charge in [0.05, 0.1) is 17.0 Å². The third-order valence-corrected chi connectivity index (χ3v) is 4.84. The molecule has 1 fully saturated rings. The van der Waals surface area contributed by atoms with Gasteiger partial charge in [0.2, 0.25) is 5.91 Å². The maximum atomic E-state index is 12.1. The highest BCUT2D eigenvalue weighted by Gasteiger charge is 2.29. The van der Waals surface area contributed by atoms with Crippen molar-refractivity contribution in [3.05, 3.63) is 21.9 Å². The normalized spacial score (nSPS) is 17.2. The summed E-state index contributed by atoms with van der Waals surface area (Å²) >= 11 is 1.36. The van der Waals surface area contributed by atoms with Crippen LogP contribution in [0, 0.1) is 0 Å². The first-order valence-corrected chi connectivity index (χ1v) is 8.14. The molecular formula is C15H22N2O3S. The van der Waals surface area contributed by atoms with Crippen molar-refractivity contribution in [2.75, 3.05) is 6.54 Å². The van der Waals surface area contributed by atoms with Crippen molar-refractivity contribution < 1.29 is 14.7 Å². The summed E-state index contributed by atoms with van der Waals surface area (Å²) in [6.45, 7) is 2.22. The number of aliphatic hydroxyl groups is 1. The van der Waals surface area contributed by atoms with Crippen molar-refractivity contribution in [1.29, 1.82) is 0 Å². The maximum absolute atomic E-state index is 12.1. The minimum Gasteiger partial charge on any atom is -0.388 e. The van der Waals surface area contributed by atoms with E-state index in [-0.39, 0.29) is 11.8 Å². The molecule has 6 heteroatoms. The van der Waals surface area contributed by atoms with Gasteiger partial charge < -0.3 is 15.7 Å². The molecule has 1 aliphatic carbocycles. The number of thiophene rings is 1. The number of carbonyl (C=O) groups excluding carboxylic acids is 2. The van der Waals surface area contributed by atoms with Crippen LogP contribution in [0.25, 0.3) is 0 Å². The molecule has 3 N–H and O–H groups in total. The first kappa shape index (κ1) is 16.0. The summed E-state index contributed by atoms with van der Waals surface area (Å²) in [5.74, 6) is -0.248. The van der Waals surface area contributed by atoms with Gasteiger partial charge >= 0.3 is 0 Å². The molecule has 0 radical (unpaired) electrons. The van der Waals surface area contributed by atoms with Crippen molar-refractivity contribution >= 4 is 23.2 Å². The second kappa shape index (κ2) is 7.04. The lowest BCUT2D eigenvalue weighted by atomic mass is 9.85. The maximum Gasteiger partial charge on any atom is 0.261 e. The van der Waals surface area contributed by atoms with E-state index in [0.29, 0.717) is 18.0 Å². The largest absolute Gasteiger partial charge is 0.388 e. The Morgan fingerprint density at radius 2 is 1.95 bits per heavy atom. The van der Waals surface area contributed by atoms with E-state index in [1.807, 2.05) is 6.07 Å². The van der Waals surface area contributed by atoms with Crippen LogP contribution >= 0.6 is 11.3 Å². The Bertz CT molecular complexity index is 507. The minimum atomic E-state index is -0.746. The molecule has 116 valence electrons. The van der Waals surface area contributed by atoms with Crippen LogP contribution in [0.15, 0.2) is 12.1 Å². The molecule has 1 aromatic rings. The zero-order chi connectivity index (χ0) is 15.3. The predicted molar refractivity (Wildman–Crippen MR) is 82.2 cm³/mol. The molecular weight excluding hydrogens is 288 g/mol. The molecule has 1 aromatic heterocycles. The van der Waals surface area contributed by atoms with Crippen LogP contribution in [0.2, 0.25) is 0 Å². The van der Waals surface area contributed by atoms with Crippen LogP contribution in [0.5, 0.6) is 0 Å². The molecule has 2 rings (SSSR count). The van der Waals surface area contributed by atoms with Gasteiger partial charge in [-0.05, 0) is 25.0 Å². The lowest BCUT2D eigenvalue weighted by Gasteiger charge is -2.32. The summed E-state index contributed by atoms with van der Waals surface area (Å²) in [6.07, 6.45) is 4.71. The summed E-state index contributed by atoms with van der Waals surface area (Å²) in [5.41, 5.74) is -0.746. The van der Waals surface area contributed by atoms with Gasteiger partial charge in [-0.25, -0.2) is 0 Å². The van der Waals surface area contributed by atoms with E-state index in [4.69, 9.17) is 0 Å². The monoisotopic (exact) mass is 310 g/mol. The molecule has 1 aliphatic rings. The van der Waals surface area contributed by atoms with Crippen molar-refractivity contribution in [3.8, 4) is 0 Å². The van der Waals surface area contributed by atoms with Crippen molar-refractivity contribution in [3.63, 3.8) is 0 Å². The Balaban J connectivity index is 1.84. The average Bonchev–Trinajstić information content (AvgIpc) is 2.92. The number of rotatable bonds is 5. The molecule has 21 heavy (non-hydrogen) atoms. The van der Waals surface area contributed by atoms with Crippen LogP contribution in [0.3, 0.4) is 0 Å². The molecule has 0 atom stereocenters. The average molecular weight is 310 g/mol. The lowest BCUT2D eigenvalue weighted by molar-refractivity contribution is -0.119. The number of hydrogen-bond acceptors (Lipinski definition) is 4. The highest BCUT2D eigenvalue weighted by Crippen LogP contribution is 2.27. The molecule has 0 aromatic carbocycles. The Labute approximate surface area is 128 Å². The standard InChI is InChI=1S/C15H22N2O3S/c1-11(18)16-9-12-5-6-13(21-12)14(19)17-10-15(20)7-3-2-4-8-15/h5-6,20H,2-4,7-10H2,1H3,(H,16,18)(H,17,19). The van der Waals surface area contributed by atoms with Crippen molar-refractivity contribution in [2.45, 2.75) is 51.2 Å². The highest BCUT2D eigenvalue weighted by atomic mass is 32.1. The third kappa shape index (κ3) is 4.82. The van der Waals surface area contributed by atoms with Crippen LogP contribution in [0.4, 0.5) is 0 Å². The highest BCUT2D eigenvalue weighted by molar-refractivity contribution is 7.14. The zero-order valence-electron chi connectivity index (χ0n) is 12.3. The van der Waals surface area contributed by atoms with E-state index in [1.54, 1.807) is 6.07 Å². The van der Waals surface area contributed by atoms with Crippen LogP contribution in [-0.4, -0.2) is 29.1 Å². The zero-order valence-corrected chi connectivity index (χ0v) is 13.1. The van der Waals surface area contributed by atoms with E-state index in [0.717, 1.165) is 37.0 Å². The third-order valence-electron chi connectivity index (χ3n) is 3.76. The topological polar surface area (TPSA) is 78.4 Å². The second-order valence-corrected chi connectivity index (χ2v) is 6.81. The van der Waals surface area contributed by atoms with E-state index < -0.39 is 5.60 Å². The van der Waals surface area contributed by atoms with E-state index >= 15 is 0 Å². The number of amides is 2. The lowest BCUT2D eigenvalue weighted by Crippen LogP contribution is -2.44. The summed E-state index contributed by atoms with van der Waals surface area (Å²) in [7, 11) is 0. The van der Waals surface area contributed by atoms with E-state index in [1.165, 1.54) is 18.3 Å². The van der Waals surface area contributed by atoms with Crippen molar-refractivity contribution in [2.24, 2.45) is 0 Å². The van der Waals surface area contributed by atoms with Gasteiger partial charge in [0.1, 0.15) is 0 Å². The predicted octanol–water partition coefficient (Wildman–Crippen LogP) is 1.81. The summed E-state index contributed by atoms with van der Waals surface area (Å²) in [6, 6.07) is 3.59. The minimum absolute atomic E-state index is 0.0890. The molecule has 0 bridgehead atoms. The molecule has 0 spiro atoms. The number of hydrogen-bond donors (Lipinski definition) is 3. The Kier molecular flexibility index (Phi) is 5.36. The molecule has 5 nitrogen and oxygen atoms in total. The van der Waals surface area contributed by atoms with Crippen LogP contribution in [-0.2, 0) is 11.3 Å². The Hall–Kier alpha value is -1.40. The Morgan fingerprint density at radius 1 is 1.24 bits per heavy atom. The SMILES string of the molecule is CC(=O)NCc1ccc(C(=O)NCC2(O)CCCCC2)s1. The van der Waals surface area contributed by atoms with Gasteiger partial charge in [-0.2, -0.15) is 0 Å². The first-order chi connectivity index (χ1) is 9.98. The number of carbonyl (C=O) groups is 2. The second-order valence-electron chi connectivity index (χ2n) is 5.64. The van der Waals surface area contributed by atoms with Gasteiger partial charge in [-0.15, -0.1) is 11.3 Å². The van der Waals surface area contributed by atoms with Gasteiger partial charge in [0.25, 0.3) is 5.91 Å². The molecule has 2 amide bonds. The van der Waals surface area contributed by atoms with E-state index in [2.05, 4.69) is 10.6 Å². The number of nitrogens with one attached hydrogen (secondary N) is 2. The van der Waals surface area contributed by atoms with Gasteiger partial charge in [-0.1, -0.05) is 19.3 Å². The van der Waals surface area contributed by atoms with Crippen LogP contribution < -0.4 is 10.6 Å². The molecule has 0 aliphatic heterocycles. The molecule has 0 unspecified atom stereocenters. The summed E-state index contributed by atoms with van der Waals surface area (Å²) in [5, 5.41) is 15.9. The molecule has 0 saturated heterocycles. The van der Waals surface area contributed by atoms with Gasteiger partial charge in [-0.3, -0.25) is 9.59 Å². The van der Waals surface area contributed by atoms with E-state index in [9.17, 15) is 14.7 Å². The van der Waals surface area contributed by atoms with Crippen LogP contribution in [0.1, 0.15) is 53.6 Å². The summed E-state index contributed by atoms with van der Waals surface area (Å²) in [4.78, 5) is 24.5.